The molecule has 0 spiro atoms. The monoisotopic (exact) mass is 689 g/mol. The minimum absolute atomic E-state index is 0.0881. The van der Waals surface area contributed by atoms with Gasteiger partial charge in [0.15, 0.2) is 0 Å². The van der Waals surface area contributed by atoms with Gasteiger partial charge in [-0.05, 0) is 82.8 Å². The molecule has 2 fully saturated rings. The molecule has 11 heteroatoms. The van der Waals surface area contributed by atoms with Crippen molar-refractivity contribution >= 4 is 33.9 Å². The maximum absolute atomic E-state index is 13.3. The minimum atomic E-state index is -0.767. The van der Waals surface area contributed by atoms with Crippen LogP contribution in [-0.4, -0.2) is 65.8 Å². The fraction of sp³-hybridized carbons (Fsp3) is 0.649. The molecule has 0 aromatic heterocycles. The van der Waals surface area contributed by atoms with Gasteiger partial charge in [0.2, 0.25) is 0 Å². The van der Waals surface area contributed by atoms with Gasteiger partial charge in [-0.3, -0.25) is 4.79 Å². The molecule has 272 valence electrons. The van der Waals surface area contributed by atoms with E-state index in [1.807, 2.05) is 39.8 Å². The Labute approximate surface area is 292 Å². The van der Waals surface area contributed by atoms with Crippen LogP contribution in [0.3, 0.4) is 0 Å². The van der Waals surface area contributed by atoms with Gasteiger partial charge >= 0.3 is 0 Å². The third-order valence-corrected chi connectivity index (χ3v) is 10.2. The van der Waals surface area contributed by atoms with E-state index in [4.69, 9.17) is 10.1 Å². The summed E-state index contributed by atoms with van der Waals surface area (Å²) in [5, 5.41) is 24.3. The molecule has 1 aliphatic heterocycles. The maximum atomic E-state index is 13.3. The number of nitrogens with zero attached hydrogens (tertiary/aromatic N) is 2. The van der Waals surface area contributed by atoms with Gasteiger partial charge in [0.1, 0.15) is 5.75 Å². The molecule has 1 saturated heterocycles. The molecule has 3 rings (SSSR count). The lowest BCUT2D eigenvalue weighted by Crippen LogP contribution is -2.55. The van der Waals surface area contributed by atoms with Crippen molar-refractivity contribution < 1.29 is 19.5 Å². The van der Waals surface area contributed by atoms with E-state index in [1.165, 1.54) is 38.5 Å². The van der Waals surface area contributed by atoms with Crippen LogP contribution in [0.1, 0.15) is 125 Å². The van der Waals surface area contributed by atoms with Crippen molar-refractivity contribution in [3.8, 4) is 5.75 Å². The Morgan fingerprint density at radius 1 is 1.04 bits per heavy atom. The van der Waals surface area contributed by atoms with Gasteiger partial charge in [-0.25, -0.2) is 4.31 Å². The molecule has 1 saturated carbocycles. The number of allylic oxidation sites excluding steroid dienone is 2. The summed E-state index contributed by atoms with van der Waals surface area (Å²) in [5.41, 5.74) is 4.30. The highest BCUT2D eigenvalue weighted by molar-refractivity contribution is 8.12. The average Bonchev–Trinajstić information content (AvgIpc) is 3.02. The van der Waals surface area contributed by atoms with E-state index in [2.05, 4.69) is 52.5 Å². The molecular weight excluding hydrogens is 627 g/mol. The SMILES string of the molecule is C1CCC1.C=S(c1ccc(OCC)c(C(NC(=O)/C(C)=C(\C)C(=N)CCC)=C(C)CC)c1)N1CC(NCCCO[N+](=O)[O-])C1.CCCC. The third kappa shape index (κ3) is 15.0. The summed E-state index contributed by atoms with van der Waals surface area (Å²) in [6.45, 7) is 18.9. The van der Waals surface area contributed by atoms with Crippen LogP contribution >= 0.6 is 10.7 Å². The molecule has 1 aromatic rings. The Morgan fingerprint density at radius 3 is 2.17 bits per heavy atom. The third-order valence-electron chi connectivity index (χ3n) is 8.45. The summed E-state index contributed by atoms with van der Waals surface area (Å²) in [6, 6.07) is 6.35. The Balaban J connectivity index is 0.00000127. The number of hydrogen-bond acceptors (Lipinski definition) is 8. The number of unbranched alkanes of at least 4 members (excludes halogenated alkanes) is 1. The maximum Gasteiger partial charge on any atom is 0.294 e. The zero-order chi connectivity index (χ0) is 36.1. The van der Waals surface area contributed by atoms with E-state index in [1.54, 1.807) is 6.92 Å². The van der Waals surface area contributed by atoms with E-state index in [-0.39, 0.29) is 12.5 Å². The van der Waals surface area contributed by atoms with Gasteiger partial charge in [0.05, 0.1) is 18.9 Å². The number of benzene rings is 1. The Hall–Kier alpha value is -3.02. The topological polar surface area (TPSA) is 130 Å². The van der Waals surface area contributed by atoms with Crippen molar-refractivity contribution in [3.63, 3.8) is 0 Å². The van der Waals surface area contributed by atoms with Gasteiger partial charge in [-0.15, -0.1) is 10.1 Å². The second-order valence-corrected chi connectivity index (χ2v) is 13.9. The molecule has 3 N–H and O–H groups in total. The molecule has 1 heterocycles. The first-order valence-corrected chi connectivity index (χ1v) is 19.1. The Morgan fingerprint density at radius 2 is 1.67 bits per heavy atom. The number of amides is 1. The summed E-state index contributed by atoms with van der Waals surface area (Å²) in [4.78, 5) is 29.0. The number of nitrogens with one attached hydrogen (secondary N) is 3. The number of rotatable bonds is 18. The fourth-order valence-electron chi connectivity index (χ4n) is 4.42. The van der Waals surface area contributed by atoms with Crippen LogP contribution in [0.15, 0.2) is 39.8 Å². The molecule has 1 amide bonds. The second kappa shape index (κ2) is 24.2. The normalized spacial score (nSPS) is 15.8. The van der Waals surface area contributed by atoms with Crippen LogP contribution in [0.4, 0.5) is 0 Å². The molecule has 1 aliphatic carbocycles. The zero-order valence-corrected chi connectivity index (χ0v) is 31.8. The van der Waals surface area contributed by atoms with Crippen molar-refractivity contribution in [2.45, 2.75) is 131 Å². The van der Waals surface area contributed by atoms with Crippen molar-refractivity contribution in [1.82, 2.24) is 14.9 Å². The second-order valence-electron chi connectivity index (χ2n) is 12.2. The number of ether oxygens (including phenoxy) is 1. The number of carbonyl (C=O) groups is 1. The van der Waals surface area contributed by atoms with Gasteiger partial charge in [-0.1, -0.05) is 89.2 Å². The van der Waals surface area contributed by atoms with Gasteiger partial charge < -0.3 is 25.6 Å². The number of carbonyl (C=O) groups excluding carboxylic acids is 1. The first kappa shape index (κ1) is 43.0. The first-order valence-electron chi connectivity index (χ1n) is 17.8. The van der Waals surface area contributed by atoms with Crippen LogP contribution in [0.25, 0.3) is 5.70 Å². The Bertz CT molecular complexity index is 1250. The van der Waals surface area contributed by atoms with Gasteiger partial charge in [0.25, 0.3) is 11.0 Å². The van der Waals surface area contributed by atoms with Crippen LogP contribution in [0.5, 0.6) is 5.75 Å². The molecule has 1 unspecified atom stereocenters. The van der Waals surface area contributed by atoms with Crippen LogP contribution in [-0.2, 0) is 9.63 Å². The van der Waals surface area contributed by atoms with Crippen molar-refractivity contribution in [2.24, 2.45) is 0 Å². The van der Waals surface area contributed by atoms with E-state index >= 15 is 0 Å². The van der Waals surface area contributed by atoms with Gasteiger partial charge in [-0.2, -0.15) is 0 Å². The highest BCUT2D eigenvalue weighted by atomic mass is 32.2. The average molecular weight is 690 g/mol. The number of hydrogen-bond donors (Lipinski definition) is 3. The van der Waals surface area contributed by atoms with E-state index in [0.717, 1.165) is 47.7 Å². The predicted molar refractivity (Wildman–Crippen MR) is 203 cm³/mol. The van der Waals surface area contributed by atoms with Crippen molar-refractivity contribution in [3.05, 3.63) is 50.6 Å². The predicted octanol–water partition coefficient (Wildman–Crippen LogP) is 8.71. The quantitative estimate of drug-likeness (QED) is 0.0351. The van der Waals surface area contributed by atoms with E-state index in [9.17, 15) is 14.9 Å². The summed E-state index contributed by atoms with van der Waals surface area (Å²) < 4.78 is 8.27. The lowest BCUT2D eigenvalue weighted by molar-refractivity contribution is -0.757. The smallest absolute Gasteiger partial charge is 0.294 e. The lowest BCUT2D eigenvalue weighted by Gasteiger charge is -2.41. The van der Waals surface area contributed by atoms with Crippen LogP contribution < -0.4 is 15.4 Å². The molecule has 10 nitrogen and oxygen atoms in total. The van der Waals surface area contributed by atoms with E-state index in [0.29, 0.717) is 54.6 Å². The van der Waals surface area contributed by atoms with Crippen molar-refractivity contribution in [1.29, 1.82) is 5.41 Å². The minimum Gasteiger partial charge on any atom is -0.493 e. The molecule has 1 atom stereocenters. The molecule has 0 radical (unpaired) electrons. The largest absolute Gasteiger partial charge is 0.493 e. The summed E-state index contributed by atoms with van der Waals surface area (Å²) >= 11 is 0. The molecule has 1 aromatic carbocycles. The molecule has 48 heavy (non-hydrogen) atoms. The molecular formula is C37H63N5O5S. The highest BCUT2D eigenvalue weighted by Crippen LogP contribution is 2.38. The molecule has 2 aliphatic rings. The fourth-order valence-corrected chi connectivity index (χ4v) is 5.92. The van der Waals surface area contributed by atoms with E-state index < -0.39 is 15.8 Å². The lowest BCUT2D eigenvalue weighted by atomic mass is 10.0. The summed E-state index contributed by atoms with van der Waals surface area (Å²) in [7, 11) is -0.418. The van der Waals surface area contributed by atoms with Gasteiger partial charge in [0, 0.05) is 40.9 Å². The standard InChI is InChI=1S/C29H45N5O5S.C4H8.C4H10/c1-8-12-26(30)21(5)22(6)29(35)32-28(20(4)9-2)25-17-24(13-14-27(25)38-10-3)40(7)33-18-23(19-33)31-15-11-16-39-34(36)37;1-2-4-3-1;1-3-4-2/h13-14,17,23,30-31H,7-12,15-16,18-19H2,1-6H3,(H,32,35);1-4H2;3-4H2,1-2H3/b22-21+,28-20?,30-26?;;. The zero-order valence-electron chi connectivity index (χ0n) is 31.0. The van der Waals surface area contributed by atoms with Crippen LogP contribution in [0, 0.1) is 15.5 Å². The summed E-state index contributed by atoms with van der Waals surface area (Å²) in [5.74, 6) is 4.92. The molecule has 0 bridgehead atoms. The first-order chi connectivity index (χ1) is 22.9. The van der Waals surface area contributed by atoms with Crippen molar-refractivity contribution in [2.75, 3.05) is 32.8 Å². The Kier molecular flexibility index (Phi) is 21.7. The van der Waals surface area contributed by atoms with Crippen LogP contribution in [0.2, 0.25) is 0 Å². The summed E-state index contributed by atoms with van der Waals surface area (Å²) in [6.07, 6.45) is 11.5. The highest BCUT2D eigenvalue weighted by Gasteiger charge is 2.28.